The molecular weight excluding hydrogens is 456 g/mol. The predicted octanol–water partition coefficient (Wildman–Crippen LogP) is 4.88. The molecule has 4 aromatic carbocycles. The lowest BCUT2D eigenvalue weighted by Crippen LogP contribution is -2.36. The Hall–Kier alpha value is -4.29. The lowest BCUT2D eigenvalue weighted by Gasteiger charge is -2.36. The largest absolute Gasteiger partial charge is 0.399 e. The van der Waals surface area contributed by atoms with Crippen molar-refractivity contribution in [1.29, 1.82) is 0 Å². The first kappa shape index (κ1) is 24.4. The van der Waals surface area contributed by atoms with Gasteiger partial charge in [0, 0.05) is 18.0 Å². The van der Waals surface area contributed by atoms with Crippen LogP contribution in [0.25, 0.3) is 0 Å². The molecule has 5 rings (SSSR count). The van der Waals surface area contributed by atoms with Crippen molar-refractivity contribution in [1.82, 2.24) is 20.2 Å². The van der Waals surface area contributed by atoms with Crippen LogP contribution in [0.4, 0.5) is 5.69 Å². The van der Waals surface area contributed by atoms with Crippen molar-refractivity contribution in [3.05, 3.63) is 143 Å². The SMILES string of the molecule is Cc1ccc(N)cc1C(CN)Cc1nnnn1CC(c1ccccc1)(c1ccccc1)c1ccccc1. The number of hydrogen-bond acceptors (Lipinski definition) is 5. The van der Waals surface area contributed by atoms with E-state index in [0.717, 1.165) is 22.6 Å². The fourth-order valence-corrected chi connectivity index (χ4v) is 5.30. The zero-order valence-corrected chi connectivity index (χ0v) is 21.0. The van der Waals surface area contributed by atoms with Gasteiger partial charge in [0.15, 0.2) is 5.82 Å². The summed E-state index contributed by atoms with van der Waals surface area (Å²) in [6.07, 6.45) is 0.613. The normalized spacial score (nSPS) is 12.4. The number of nitrogen functional groups attached to an aromatic ring is 1. The van der Waals surface area contributed by atoms with Gasteiger partial charge in [-0.25, -0.2) is 4.68 Å². The Balaban J connectivity index is 1.62. The van der Waals surface area contributed by atoms with Crippen LogP contribution in [-0.2, 0) is 18.4 Å². The molecule has 0 aliphatic carbocycles. The smallest absolute Gasteiger partial charge is 0.151 e. The van der Waals surface area contributed by atoms with E-state index in [1.54, 1.807) is 0 Å². The molecule has 0 spiro atoms. The van der Waals surface area contributed by atoms with Crippen LogP contribution >= 0.6 is 0 Å². The maximum Gasteiger partial charge on any atom is 0.151 e. The molecule has 37 heavy (non-hydrogen) atoms. The highest BCUT2D eigenvalue weighted by atomic mass is 15.5. The molecule has 0 aliphatic rings. The number of aromatic nitrogens is 4. The van der Waals surface area contributed by atoms with Crippen molar-refractivity contribution in [2.75, 3.05) is 12.3 Å². The van der Waals surface area contributed by atoms with Crippen molar-refractivity contribution in [2.24, 2.45) is 5.73 Å². The number of tetrazole rings is 1. The molecule has 0 fully saturated rings. The second-order valence-electron chi connectivity index (χ2n) is 9.51. The van der Waals surface area contributed by atoms with Gasteiger partial charge in [-0.1, -0.05) is 97.1 Å². The summed E-state index contributed by atoms with van der Waals surface area (Å²) in [4.78, 5) is 0. The maximum absolute atomic E-state index is 6.27. The molecule has 0 saturated carbocycles. The third-order valence-corrected chi connectivity index (χ3v) is 7.25. The Morgan fingerprint density at radius 2 is 1.32 bits per heavy atom. The van der Waals surface area contributed by atoms with Crippen LogP contribution in [-0.4, -0.2) is 26.8 Å². The molecule has 0 bridgehead atoms. The van der Waals surface area contributed by atoms with Crippen molar-refractivity contribution in [3.8, 4) is 0 Å². The summed E-state index contributed by atoms with van der Waals surface area (Å²) in [5.74, 6) is 0.845. The summed E-state index contributed by atoms with van der Waals surface area (Å²) >= 11 is 0. The number of benzene rings is 4. The molecule has 0 amide bonds. The van der Waals surface area contributed by atoms with Crippen LogP contribution < -0.4 is 11.5 Å². The molecule has 186 valence electrons. The third-order valence-electron chi connectivity index (χ3n) is 7.25. The lowest BCUT2D eigenvalue weighted by molar-refractivity contribution is 0.439. The van der Waals surface area contributed by atoms with Crippen LogP contribution in [0.1, 0.15) is 39.6 Å². The van der Waals surface area contributed by atoms with E-state index >= 15 is 0 Å². The van der Waals surface area contributed by atoms with E-state index in [1.165, 1.54) is 16.7 Å². The Morgan fingerprint density at radius 1 is 0.784 bits per heavy atom. The summed E-state index contributed by atoms with van der Waals surface area (Å²) in [5.41, 5.74) is 18.4. The van der Waals surface area contributed by atoms with E-state index in [0.29, 0.717) is 19.5 Å². The molecule has 6 heteroatoms. The number of rotatable bonds is 9. The number of aryl methyl sites for hydroxylation is 1. The first-order chi connectivity index (χ1) is 18.1. The molecule has 1 atom stereocenters. The van der Waals surface area contributed by atoms with Gasteiger partial charge in [-0.05, 0) is 63.8 Å². The minimum Gasteiger partial charge on any atom is -0.399 e. The van der Waals surface area contributed by atoms with Crippen molar-refractivity contribution < 1.29 is 0 Å². The van der Waals surface area contributed by atoms with Gasteiger partial charge in [-0.2, -0.15) is 0 Å². The quantitative estimate of drug-likeness (QED) is 0.228. The Bertz CT molecular complexity index is 1330. The average molecular weight is 489 g/mol. The van der Waals surface area contributed by atoms with E-state index in [4.69, 9.17) is 11.5 Å². The molecule has 1 heterocycles. The average Bonchev–Trinajstić information content (AvgIpc) is 3.39. The van der Waals surface area contributed by atoms with E-state index in [2.05, 4.69) is 95.2 Å². The monoisotopic (exact) mass is 488 g/mol. The van der Waals surface area contributed by atoms with Crippen molar-refractivity contribution >= 4 is 5.69 Å². The van der Waals surface area contributed by atoms with Crippen molar-refractivity contribution in [2.45, 2.75) is 31.2 Å². The first-order valence-corrected chi connectivity index (χ1v) is 12.6. The highest BCUT2D eigenvalue weighted by Crippen LogP contribution is 2.41. The highest BCUT2D eigenvalue weighted by molar-refractivity contribution is 5.50. The maximum atomic E-state index is 6.27. The van der Waals surface area contributed by atoms with Crippen LogP contribution in [0, 0.1) is 6.92 Å². The number of nitrogens with zero attached hydrogens (tertiary/aromatic N) is 4. The standard InChI is InChI=1S/C31H32N6/c1-23-17-18-28(33)20-29(23)24(21-32)19-30-34-35-36-37(30)22-31(25-11-5-2-6-12-25,26-13-7-3-8-14-26)27-15-9-4-10-16-27/h2-18,20,24H,19,21-22,32-33H2,1H3. The summed E-state index contributed by atoms with van der Waals surface area (Å²) in [7, 11) is 0. The minimum absolute atomic E-state index is 0.0489. The lowest BCUT2D eigenvalue weighted by atomic mass is 9.69. The van der Waals surface area contributed by atoms with Crippen molar-refractivity contribution in [3.63, 3.8) is 0 Å². The Morgan fingerprint density at radius 3 is 1.84 bits per heavy atom. The fourth-order valence-electron chi connectivity index (χ4n) is 5.30. The Labute approximate surface area is 218 Å². The zero-order valence-electron chi connectivity index (χ0n) is 21.0. The van der Waals surface area contributed by atoms with Gasteiger partial charge >= 0.3 is 0 Å². The van der Waals surface area contributed by atoms with Gasteiger partial charge in [0.2, 0.25) is 0 Å². The van der Waals surface area contributed by atoms with E-state index in [9.17, 15) is 0 Å². The van der Waals surface area contributed by atoms with Gasteiger partial charge in [0.25, 0.3) is 0 Å². The number of anilines is 1. The molecule has 1 unspecified atom stereocenters. The van der Waals surface area contributed by atoms with E-state index < -0.39 is 5.41 Å². The number of hydrogen-bond donors (Lipinski definition) is 2. The van der Waals surface area contributed by atoms with Gasteiger partial charge < -0.3 is 11.5 Å². The third kappa shape index (κ3) is 4.88. The van der Waals surface area contributed by atoms with Gasteiger partial charge in [0.05, 0.1) is 12.0 Å². The first-order valence-electron chi connectivity index (χ1n) is 12.6. The summed E-state index contributed by atoms with van der Waals surface area (Å²) in [5, 5.41) is 13.1. The number of nitrogens with two attached hydrogens (primary N) is 2. The second-order valence-corrected chi connectivity index (χ2v) is 9.51. The van der Waals surface area contributed by atoms with Gasteiger partial charge in [0.1, 0.15) is 0 Å². The van der Waals surface area contributed by atoms with Gasteiger partial charge in [-0.3, -0.25) is 0 Å². The summed E-state index contributed by atoms with van der Waals surface area (Å²) in [6.45, 7) is 3.10. The molecule has 4 N–H and O–H groups in total. The molecule has 6 nitrogen and oxygen atoms in total. The molecule has 0 radical (unpaired) electrons. The topological polar surface area (TPSA) is 95.6 Å². The van der Waals surface area contributed by atoms with E-state index in [1.807, 2.05) is 41.1 Å². The Kier molecular flexibility index (Phi) is 7.10. The van der Waals surface area contributed by atoms with Gasteiger partial charge in [-0.15, -0.1) is 5.10 Å². The molecular formula is C31H32N6. The predicted molar refractivity (Wildman–Crippen MR) is 148 cm³/mol. The second kappa shape index (κ2) is 10.8. The zero-order chi connectivity index (χ0) is 25.7. The molecule has 1 aromatic heterocycles. The van der Waals surface area contributed by atoms with Crippen LogP contribution in [0.2, 0.25) is 0 Å². The molecule has 5 aromatic rings. The molecule has 0 saturated heterocycles. The minimum atomic E-state index is -0.501. The van der Waals surface area contributed by atoms with E-state index in [-0.39, 0.29) is 5.92 Å². The van der Waals surface area contributed by atoms with Crippen LogP contribution in [0.15, 0.2) is 109 Å². The van der Waals surface area contributed by atoms with Crippen LogP contribution in [0.3, 0.4) is 0 Å². The van der Waals surface area contributed by atoms with Crippen LogP contribution in [0.5, 0.6) is 0 Å². The summed E-state index contributed by atoms with van der Waals surface area (Å²) < 4.78 is 1.94. The highest BCUT2D eigenvalue weighted by Gasteiger charge is 2.38. The fraction of sp³-hybridized carbons (Fsp3) is 0.194. The summed E-state index contributed by atoms with van der Waals surface area (Å²) in [6, 6.07) is 37.7. The molecule has 0 aliphatic heterocycles.